The van der Waals surface area contributed by atoms with Crippen LogP contribution in [-0.4, -0.2) is 28.5 Å². The average molecular weight is 304 g/mol. The van der Waals surface area contributed by atoms with Gasteiger partial charge in [-0.2, -0.15) is 5.01 Å². The van der Waals surface area contributed by atoms with Crippen LogP contribution in [0.4, 0.5) is 4.79 Å². The largest absolute Gasteiger partial charge is 0.443 e. The zero-order valence-corrected chi connectivity index (χ0v) is 12.9. The third-order valence-corrected chi connectivity index (χ3v) is 5.26. The summed E-state index contributed by atoms with van der Waals surface area (Å²) in [4.78, 5) is 37.1. The van der Waals surface area contributed by atoms with E-state index in [0.29, 0.717) is 11.8 Å². The van der Waals surface area contributed by atoms with E-state index in [1.165, 1.54) is 0 Å². The van der Waals surface area contributed by atoms with Gasteiger partial charge >= 0.3 is 6.09 Å². The molecule has 0 radical (unpaired) electrons. The minimum Gasteiger partial charge on any atom is -0.443 e. The Morgan fingerprint density at radius 3 is 2.09 bits per heavy atom. The van der Waals surface area contributed by atoms with Gasteiger partial charge in [0.05, 0.1) is 11.8 Å². The fraction of sp³-hybridized carbons (Fsp3) is 0.688. The fourth-order valence-corrected chi connectivity index (χ4v) is 4.46. The molecule has 3 fully saturated rings. The molecule has 1 saturated heterocycles. The molecule has 6 nitrogen and oxygen atoms in total. The zero-order valence-electron chi connectivity index (χ0n) is 12.9. The van der Waals surface area contributed by atoms with E-state index >= 15 is 0 Å². The highest BCUT2D eigenvalue weighted by Gasteiger charge is 2.67. The summed E-state index contributed by atoms with van der Waals surface area (Å²) in [6.07, 6.45) is 4.55. The van der Waals surface area contributed by atoms with Crippen LogP contribution in [0, 0.1) is 35.5 Å². The van der Waals surface area contributed by atoms with Gasteiger partial charge in [0.2, 0.25) is 0 Å². The number of nitrogens with one attached hydrogen (secondary N) is 1. The predicted molar refractivity (Wildman–Crippen MR) is 75.9 cm³/mol. The summed E-state index contributed by atoms with van der Waals surface area (Å²) in [5.41, 5.74) is 1.66. The number of carbonyl (C=O) groups excluding carboxylic acids is 3. The molecule has 5 rings (SSSR count). The first kappa shape index (κ1) is 13.8. The Kier molecular flexibility index (Phi) is 2.58. The van der Waals surface area contributed by atoms with Crippen LogP contribution in [0.2, 0.25) is 0 Å². The number of hydrazine groups is 1. The van der Waals surface area contributed by atoms with Crippen molar-refractivity contribution < 1.29 is 19.1 Å². The molecule has 6 heteroatoms. The van der Waals surface area contributed by atoms with Crippen molar-refractivity contribution in [3.05, 3.63) is 12.2 Å². The summed E-state index contributed by atoms with van der Waals surface area (Å²) < 4.78 is 5.14. The third-order valence-electron chi connectivity index (χ3n) is 5.26. The number of amides is 3. The summed E-state index contributed by atoms with van der Waals surface area (Å²) in [5.74, 6) is 0.228. The molecule has 5 aliphatic rings. The normalized spacial score (nSPS) is 41.3. The molecule has 1 heterocycles. The van der Waals surface area contributed by atoms with Gasteiger partial charge in [0, 0.05) is 0 Å². The van der Waals surface area contributed by atoms with Crippen LogP contribution in [0.3, 0.4) is 0 Å². The van der Waals surface area contributed by atoms with Crippen LogP contribution < -0.4 is 5.43 Å². The van der Waals surface area contributed by atoms with Gasteiger partial charge < -0.3 is 4.74 Å². The van der Waals surface area contributed by atoms with Crippen molar-refractivity contribution in [3.8, 4) is 0 Å². The fourth-order valence-electron chi connectivity index (χ4n) is 4.46. The van der Waals surface area contributed by atoms with Crippen LogP contribution in [0.25, 0.3) is 0 Å². The third kappa shape index (κ3) is 1.82. The minimum absolute atomic E-state index is 0.155. The van der Waals surface area contributed by atoms with Gasteiger partial charge in [-0.05, 0) is 50.9 Å². The van der Waals surface area contributed by atoms with E-state index in [9.17, 15) is 14.4 Å². The van der Waals surface area contributed by atoms with Crippen molar-refractivity contribution in [3.63, 3.8) is 0 Å². The second kappa shape index (κ2) is 4.12. The number of ether oxygens (including phenoxy) is 1. The number of hydrogen-bond donors (Lipinski definition) is 1. The Morgan fingerprint density at radius 2 is 1.64 bits per heavy atom. The lowest BCUT2D eigenvalue weighted by molar-refractivity contribution is -0.143. The Balaban J connectivity index is 1.54. The maximum absolute atomic E-state index is 12.6. The lowest BCUT2D eigenvalue weighted by Crippen LogP contribution is -2.48. The number of hydrogen-bond acceptors (Lipinski definition) is 4. The molecule has 6 atom stereocenters. The van der Waals surface area contributed by atoms with Crippen LogP contribution in [-0.2, 0) is 14.3 Å². The molecular formula is C16H20N2O4. The smallest absolute Gasteiger partial charge is 0.427 e. The zero-order chi connectivity index (χ0) is 15.8. The van der Waals surface area contributed by atoms with Gasteiger partial charge in [0.25, 0.3) is 11.8 Å². The Bertz CT molecular complexity index is 570. The summed E-state index contributed by atoms with van der Waals surface area (Å²) in [6.45, 7) is 5.20. The predicted octanol–water partition coefficient (Wildman–Crippen LogP) is 1.48. The summed E-state index contributed by atoms with van der Waals surface area (Å²) in [7, 11) is 0. The molecule has 118 valence electrons. The van der Waals surface area contributed by atoms with Crippen LogP contribution in [0.5, 0.6) is 0 Å². The van der Waals surface area contributed by atoms with Crippen molar-refractivity contribution in [2.45, 2.75) is 32.8 Å². The van der Waals surface area contributed by atoms with E-state index in [4.69, 9.17) is 4.74 Å². The summed E-state index contributed by atoms with van der Waals surface area (Å²) in [6, 6.07) is 0. The lowest BCUT2D eigenvalue weighted by Gasteiger charge is -2.37. The van der Waals surface area contributed by atoms with Gasteiger partial charge in [0.1, 0.15) is 5.60 Å². The molecule has 3 amide bonds. The van der Waals surface area contributed by atoms with E-state index in [1.54, 1.807) is 20.8 Å². The van der Waals surface area contributed by atoms with Gasteiger partial charge in [-0.15, -0.1) is 0 Å². The maximum atomic E-state index is 12.6. The van der Waals surface area contributed by atoms with Crippen molar-refractivity contribution in [1.82, 2.24) is 10.4 Å². The van der Waals surface area contributed by atoms with Crippen molar-refractivity contribution >= 4 is 17.9 Å². The van der Waals surface area contributed by atoms with Crippen molar-refractivity contribution in [2.75, 3.05) is 0 Å². The second-order valence-corrected chi connectivity index (χ2v) is 7.78. The maximum Gasteiger partial charge on any atom is 0.427 e. The highest BCUT2D eigenvalue weighted by atomic mass is 16.6. The standard InChI is InChI=1S/C16H20N2O4/c1-16(2,3)22-15(21)17-18-13(19)11-7-4-5-8(10-6-9(7)10)12(11)14(18)20/h4-5,7-12H,6H2,1-3H3,(H,17,21)/t7-,8+,9+,10-,11-,12+. The molecule has 0 spiro atoms. The molecule has 22 heavy (non-hydrogen) atoms. The van der Waals surface area contributed by atoms with Crippen LogP contribution >= 0.6 is 0 Å². The van der Waals surface area contributed by atoms with Gasteiger partial charge in [-0.3, -0.25) is 9.59 Å². The molecule has 0 aromatic heterocycles. The van der Waals surface area contributed by atoms with Gasteiger partial charge in [0.15, 0.2) is 0 Å². The lowest BCUT2D eigenvalue weighted by atomic mass is 9.63. The quantitative estimate of drug-likeness (QED) is 0.588. The second-order valence-electron chi connectivity index (χ2n) is 7.78. The Hall–Kier alpha value is -1.85. The number of imide groups is 1. The highest BCUT2D eigenvalue weighted by Crippen LogP contribution is 2.65. The average Bonchev–Trinajstić information content (AvgIpc) is 3.18. The van der Waals surface area contributed by atoms with E-state index in [1.807, 2.05) is 0 Å². The molecular weight excluding hydrogens is 284 g/mol. The van der Waals surface area contributed by atoms with E-state index in [0.717, 1.165) is 11.4 Å². The number of rotatable bonds is 1. The molecule has 4 aliphatic carbocycles. The molecule has 1 aliphatic heterocycles. The first-order chi connectivity index (χ1) is 10.3. The van der Waals surface area contributed by atoms with E-state index in [2.05, 4.69) is 17.6 Å². The summed E-state index contributed by atoms with van der Waals surface area (Å²) in [5, 5.41) is 0.890. The van der Waals surface area contributed by atoms with Gasteiger partial charge in [-0.25, -0.2) is 10.2 Å². The number of allylic oxidation sites excluding steroid dienone is 2. The minimum atomic E-state index is -0.765. The SMILES string of the molecule is CC(C)(C)OC(=O)NN1C(=O)[C@@H]2[C@@H]3C=C[C@@H]([C@H]4C[C@@H]34)[C@@H]2C1=O. The number of carbonyl (C=O) groups is 3. The summed E-state index contributed by atoms with van der Waals surface area (Å²) >= 11 is 0. The monoisotopic (exact) mass is 304 g/mol. The molecule has 2 saturated carbocycles. The molecule has 0 unspecified atom stereocenters. The van der Waals surface area contributed by atoms with Gasteiger partial charge in [-0.1, -0.05) is 12.2 Å². The Labute approximate surface area is 128 Å². The molecule has 2 bridgehead atoms. The van der Waals surface area contributed by atoms with Crippen molar-refractivity contribution in [2.24, 2.45) is 35.5 Å². The molecule has 0 aromatic carbocycles. The first-order valence-electron chi connectivity index (χ1n) is 7.84. The van der Waals surface area contributed by atoms with Crippen LogP contribution in [0.1, 0.15) is 27.2 Å². The first-order valence-corrected chi connectivity index (χ1v) is 7.84. The highest BCUT2D eigenvalue weighted by molar-refractivity contribution is 6.06. The number of nitrogens with zero attached hydrogens (tertiary/aromatic N) is 1. The van der Waals surface area contributed by atoms with Crippen molar-refractivity contribution in [1.29, 1.82) is 0 Å². The van der Waals surface area contributed by atoms with E-state index in [-0.39, 0.29) is 35.5 Å². The topological polar surface area (TPSA) is 75.7 Å². The van der Waals surface area contributed by atoms with E-state index < -0.39 is 11.7 Å². The Morgan fingerprint density at radius 1 is 1.14 bits per heavy atom. The van der Waals surface area contributed by atoms with Crippen LogP contribution in [0.15, 0.2) is 12.2 Å². The molecule has 0 aromatic rings. The molecule has 1 N–H and O–H groups in total.